The van der Waals surface area contributed by atoms with E-state index >= 15 is 0 Å². The lowest BCUT2D eigenvalue weighted by molar-refractivity contribution is 0.100. The van der Waals surface area contributed by atoms with Crippen LogP contribution in [-0.4, -0.2) is 51.0 Å². The van der Waals surface area contributed by atoms with Crippen LogP contribution in [0.2, 0.25) is 5.02 Å². The van der Waals surface area contributed by atoms with Gasteiger partial charge in [-0.25, -0.2) is 18.2 Å². The lowest BCUT2D eigenvalue weighted by Crippen LogP contribution is -2.19. The Kier molecular flexibility index (Phi) is 7.34. The number of thiophene rings is 1. The van der Waals surface area contributed by atoms with Crippen molar-refractivity contribution in [3.8, 4) is 22.5 Å². The Balaban J connectivity index is 1.44. The summed E-state index contributed by atoms with van der Waals surface area (Å²) in [6.07, 6.45) is 1.73. The number of rotatable bonds is 7. The molecule has 38 heavy (non-hydrogen) atoms. The molecule has 0 aliphatic carbocycles. The van der Waals surface area contributed by atoms with Crippen molar-refractivity contribution in [3.05, 3.63) is 79.2 Å². The molecule has 3 aromatic heterocycles. The van der Waals surface area contributed by atoms with Gasteiger partial charge >= 0.3 is 0 Å². The van der Waals surface area contributed by atoms with E-state index in [1.807, 2.05) is 55.5 Å². The highest BCUT2D eigenvalue weighted by Gasteiger charge is 2.22. The maximum Gasteiger partial charge on any atom is 0.291 e. The quantitative estimate of drug-likeness (QED) is 0.301. The molecule has 0 radical (unpaired) electrons. The molecule has 0 bridgehead atoms. The highest BCUT2D eigenvalue weighted by Crippen LogP contribution is 2.32. The molecule has 0 fully saturated rings. The van der Waals surface area contributed by atoms with Crippen molar-refractivity contribution in [1.29, 1.82) is 0 Å². The van der Waals surface area contributed by atoms with Gasteiger partial charge in [0.15, 0.2) is 15.7 Å². The van der Waals surface area contributed by atoms with Gasteiger partial charge in [-0.1, -0.05) is 78.4 Å². The molecule has 0 unspecified atom stereocenters. The minimum Gasteiger partial charge on any atom is -0.266 e. The van der Waals surface area contributed by atoms with Gasteiger partial charge in [-0.2, -0.15) is 10.1 Å². The number of sulfone groups is 1. The fraction of sp³-hybridized carbons (Fsp3) is 0.167. The summed E-state index contributed by atoms with van der Waals surface area (Å²) in [6, 6.07) is 15.8. The second-order valence-corrected chi connectivity index (χ2v) is 12.5. The second-order valence-electron chi connectivity index (χ2n) is 8.21. The largest absolute Gasteiger partial charge is 0.291 e. The molecule has 2 aromatic carbocycles. The molecule has 0 aliphatic heterocycles. The maximum atomic E-state index is 12.9. The number of aryl methyl sites for hydroxylation is 1. The Morgan fingerprint density at radius 1 is 1.13 bits per heavy atom. The van der Waals surface area contributed by atoms with Crippen LogP contribution >= 0.6 is 34.3 Å². The van der Waals surface area contributed by atoms with Crippen molar-refractivity contribution in [2.45, 2.75) is 24.8 Å². The zero-order chi connectivity index (χ0) is 26.9. The second kappa shape index (κ2) is 10.7. The number of hydrogen-bond donors (Lipinski definition) is 1. The summed E-state index contributed by atoms with van der Waals surface area (Å²) in [5.41, 5.74) is 3.82. The molecule has 3 heterocycles. The Hall–Kier alpha value is -3.52. The van der Waals surface area contributed by atoms with Gasteiger partial charge in [0.25, 0.3) is 5.91 Å². The minimum absolute atomic E-state index is 0.0737. The molecule has 1 amide bonds. The van der Waals surface area contributed by atoms with Gasteiger partial charge in [0.05, 0.1) is 16.5 Å². The third kappa shape index (κ3) is 5.36. The van der Waals surface area contributed by atoms with Crippen LogP contribution in [0.1, 0.15) is 27.2 Å². The lowest BCUT2D eigenvalue weighted by Gasteiger charge is -2.08. The van der Waals surface area contributed by atoms with Crippen molar-refractivity contribution >= 4 is 50.0 Å². The van der Waals surface area contributed by atoms with Crippen LogP contribution in [0.5, 0.6) is 0 Å². The number of benzene rings is 2. The van der Waals surface area contributed by atoms with Gasteiger partial charge < -0.3 is 0 Å². The number of nitrogens with one attached hydrogen (secondary N) is 1. The van der Waals surface area contributed by atoms with Crippen LogP contribution in [0.25, 0.3) is 22.5 Å². The smallest absolute Gasteiger partial charge is 0.266 e. The Morgan fingerprint density at radius 2 is 1.87 bits per heavy atom. The molecule has 10 nitrogen and oxygen atoms in total. The summed E-state index contributed by atoms with van der Waals surface area (Å²) in [5, 5.41) is 20.9. The van der Waals surface area contributed by atoms with Gasteiger partial charge in [-0.3, -0.25) is 4.79 Å². The average molecular weight is 586 g/mol. The number of carbonyl (C=O) groups excluding carboxylic acids is 1. The molecule has 0 aliphatic rings. The zero-order valence-electron chi connectivity index (χ0n) is 20.1. The SMILES string of the molecule is CCc1nn(Cc2ccc(-c3ccccc3-c3nnn[nH]3)cc2)c(=NC(=O)c2scc(S(C)(=O)=O)c2Cl)s1. The minimum atomic E-state index is -3.55. The number of tetrazole rings is 1. The van der Waals surface area contributed by atoms with E-state index in [0.717, 1.165) is 44.9 Å². The van der Waals surface area contributed by atoms with Crippen LogP contribution in [0.4, 0.5) is 0 Å². The molecule has 0 atom stereocenters. The van der Waals surface area contributed by atoms with E-state index in [9.17, 15) is 13.2 Å². The number of nitrogens with zero attached hydrogens (tertiary/aromatic N) is 6. The predicted molar refractivity (Wildman–Crippen MR) is 146 cm³/mol. The first-order valence-electron chi connectivity index (χ1n) is 11.3. The van der Waals surface area contributed by atoms with Crippen LogP contribution in [-0.2, 0) is 22.8 Å². The van der Waals surface area contributed by atoms with Gasteiger partial charge in [-0.05, 0) is 33.5 Å². The molecule has 5 aromatic rings. The topological polar surface area (TPSA) is 136 Å². The highest BCUT2D eigenvalue weighted by atomic mass is 35.5. The maximum absolute atomic E-state index is 12.9. The molecule has 14 heteroatoms. The van der Waals surface area contributed by atoms with E-state index in [0.29, 0.717) is 23.6 Å². The van der Waals surface area contributed by atoms with Crippen molar-refractivity contribution in [2.75, 3.05) is 6.26 Å². The molecular formula is C24H20ClN7O3S3. The van der Waals surface area contributed by atoms with E-state index in [2.05, 4.69) is 30.7 Å². The van der Waals surface area contributed by atoms with Crippen molar-refractivity contribution in [1.82, 2.24) is 30.4 Å². The highest BCUT2D eigenvalue weighted by molar-refractivity contribution is 7.91. The number of hydrogen-bond acceptors (Lipinski definition) is 9. The molecule has 5 rings (SSSR count). The summed E-state index contributed by atoms with van der Waals surface area (Å²) in [7, 11) is -3.55. The van der Waals surface area contributed by atoms with Gasteiger partial charge in [0.1, 0.15) is 9.88 Å². The van der Waals surface area contributed by atoms with Crippen molar-refractivity contribution in [3.63, 3.8) is 0 Å². The first-order chi connectivity index (χ1) is 18.2. The standard InChI is InChI=1S/C24H20ClN7O3S3/c1-3-19-29-32(24(37-19)26-23(33)21-20(25)18(13-36-21)38(2,34)35)12-14-8-10-15(11-9-14)16-6-4-5-7-17(16)22-27-30-31-28-22/h4-11,13H,3,12H2,1-2H3,(H,27,28,30,31). The first kappa shape index (κ1) is 26.1. The van der Waals surface area contributed by atoms with Crippen molar-refractivity contribution < 1.29 is 13.2 Å². The molecule has 1 N–H and O–H groups in total. The van der Waals surface area contributed by atoms with E-state index in [1.54, 1.807) is 4.68 Å². The van der Waals surface area contributed by atoms with Crippen molar-refractivity contribution in [2.24, 2.45) is 4.99 Å². The Bertz CT molecular complexity index is 1790. The monoisotopic (exact) mass is 585 g/mol. The lowest BCUT2D eigenvalue weighted by atomic mass is 9.98. The third-order valence-corrected chi connectivity index (χ3v) is 9.53. The zero-order valence-corrected chi connectivity index (χ0v) is 23.3. The van der Waals surface area contributed by atoms with E-state index in [-0.39, 0.29) is 14.8 Å². The number of aromatic amines is 1. The van der Waals surface area contributed by atoms with E-state index in [4.69, 9.17) is 11.6 Å². The Morgan fingerprint density at radius 3 is 2.50 bits per heavy atom. The molecular weight excluding hydrogens is 566 g/mol. The van der Waals surface area contributed by atoms with Crippen LogP contribution in [0.3, 0.4) is 0 Å². The molecule has 0 saturated carbocycles. The third-order valence-electron chi connectivity index (χ3n) is 5.58. The predicted octanol–water partition coefficient (Wildman–Crippen LogP) is 4.26. The first-order valence-corrected chi connectivity index (χ1v) is 15.3. The Labute approximate surface area is 230 Å². The number of aromatic nitrogens is 6. The van der Waals surface area contributed by atoms with Gasteiger partial charge in [-0.15, -0.1) is 16.4 Å². The van der Waals surface area contributed by atoms with Crippen LogP contribution in [0, 0.1) is 0 Å². The summed E-state index contributed by atoms with van der Waals surface area (Å²) in [5.74, 6) is -0.0240. The summed E-state index contributed by atoms with van der Waals surface area (Å²) >= 11 is 8.46. The number of halogens is 1. The van der Waals surface area contributed by atoms with Crippen LogP contribution < -0.4 is 4.80 Å². The number of amides is 1. The summed E-state index contributed by atoms with van der Waals surface area (Å²) in [4.78, 5) is 17.6. The fourth-order valence-corrected chi connectivity index (χ4v) is 7.35. The molecule has 0 saturated heterocycles. The van der Waals surface area contributed by atoms with Crippen LogP contribution in [0.15, 0.2) is 63.8 Å². The van der Waals surface area contributed by atoms with Gasteiger partial charge in [0, 0.05) is 17.2 Å². The number of H-pyrrole nitrogens is 1. The van der Waals surface area contributed by atoms with E-state index in [1.165, 1.54) is 16.7 Å². The average Bonchev–Trinajstić information content (AvgIpc) is 3.65. The molecule has 194 valence electrons. The molecule has 0 spiro atoms. The normalized spacial score (nSPS) is 12.2. The van der Waals surface area contributed by atoms with Gasteiger partial charge in [0.2, 0.25) is 4.80 Å². The summed E-state index contributed by atoms with van der Waals surface area (Å²) in [6.45, 7) is 2.36. The number of carbonyl (C=O) groups is 1. The fourth-order valence-electron chi connectivity index (χ4n) is 3.72. The van der Waals surface area contributed by atoms with E-state index < -0.39 is 15.7 Å². The summed E-state index contributed by atoms with van der Waals surface area (Å²) < 4.78 is 25.5.